The second-order valence-electron chi connectivity index (χ2n) is 12.9. The number of ether oxygens (including phenoxy) is 1. The van der Waals surface area contributed by atoms with Crippen LogP contribution in [0.4, 0.5) is 0 Å². The molecule has 0 bridgehead atoms. The molecule has 0 aliphatic carbocycles. The molecule has 1 fully saturated rings. The molecule has 0 saturated carbocycles. The van der Waals surface area contributed by atoms with E-state index in [2.05, 4.69) is 64.4 Å². The maximum absolute atomic E-state index is 9.33. The highest BCUT2D eigenvalue weighted by molar-refractivity contribution is 6.30. The number of aryl methyl sites for hydroxylation is 3. The Kier molecular flexibility index (Phi) is 11.0. The fourth-order valence-electron chi connectivity index (χ4n) is 6.87. The highest BCUT2D eigenvalue weighted by Crippen LogP contribution is 2.31. The molecule has 0 amide bonds. The Bertz CT molecular complexity index is 1790. The van der Waals surface area contributed by atoms with Crippen LogP contribution < -0.4 is 4.74 Å². The summed E-state index contributed by atoms with van der Waals surface area (Å²) in [6, 6.07) is 26.4. The summed E-state index contributed by atoms with van der Waals surface area (Å²) in [5, 5.41) is 11.2. The fraction of sp³-hybridized carbons (Fsp3) is 0.400. The Balaban J connectivity index is 1.03. The highest BCUT2D eigenvalue weighted by atomic mass is 35.5. The second-order valence-corrected chi connectivity index (χ2v) is 13.3. The first kappa shape index (κ1) is 32.9. The number of aromatic nitrogens is 3. The summed E-state index contributed by atoms with van der Waals surface area (Å²) in [7, 11) is 0. The van der Waals surface area contributed by atoms with E-state index in [9.17, 15) is 5.26 Å². The first-order valence-electron chi connectivity index (χ1n) is 17.4. The molecule has 0 N–H and O–H groups in total. The van der Waals surface area contributed by atoms with Gasteiger partial charge in [0.05, 0.1) is 17.3 Å². The van der Waals surface area contributed by atoms with Crippen LogP contribution in [0.5, 0.6) is 11.5 Å². The summed E-state index contributed by atoms with van der Waals surface area (Å²) >= 11 is 6.02. The van der Waals surface area contributed by atoms with Crippen LogP contribution in [0.25, 0.3) is 16.6 Å². The summed E-state index contributed by atoms with van der Waals surface area (Å²) in [5.74, 6) is 3.23. The minimum atomic E-state index is 0.503. The number of hydrogen-bond acceptors (Lipinski definition) is 4. The van der Waals surface area contributed by atoms with Gasteiger partial charge < -0.3 is 18.8 Å². The van der Waals surface area contributed by atoms with Gasteiger partial charge in [0, 0.05) is 52.4 Å². The van der Waals surface area contributed by atoms with Gasteiger partial charge in [-0.2, -0.15) is 5.26 Å². The lowest BCUT2D eigenvalue weighted by atomic mass is 9.94. The minimum absolute atomic E-state index is 0.503. The lowest BCUT2D eigenvalue weighted by molar-refractivity contribution is 0.207. The van der Waals surface area contributed by atoms with Crippen molar-refractivity contribution >= 4 is 22.5 Å². The first-order chi connectivity index (χ1) is 23.0. The minimum Gasteiger partial charge on any atom is -0.457 e. The quantitative estimate of drug-likeness (QED) is 0.113. The van der Waals surface area contributed by atoms with Gasteiger partial charge in [-0.1, -0.05) is 31.9 Å². The summed E-state index contributed by atoms with van der Waals surface area (Å²) in [6.45, 7) is 8.91. The van der Waals surface area contributed by atoms with E-state index in [1.165, 1.54) is 35.1 Å². The average molecular weight is 648 g/mol. The van der Waals surface area contributed by atoms with E-state index in [1.54, 1.807) is 0 Å². The molecule has 244 valence electrons. The number of nitrogens with zero attached hydrogens (tertiary/aromatic N) is 5. The standard InChI is InChI=1S/C40H46ClN5O/c1-3-5-9-40-43-38(29-46(40)34-13-17-37(18-14-34)47-36-15-11-33(41)12-16-36)31-20-24-44(25-21-31)23-7-6-8-35-27-32-26-30(28-42)10-19-39(32)45(35)22-4-2/h10-19,26-27,29,31H,3-9,20-25H2,1-2H3. The van der Waals surface area contributed by atoms with Gasteiger partial charge in [0.2, 0.25) is 0 Å². The molecule has 6 nitrogen and oxygen atoms in total. The third kappa shape index (κ3) is 8.09. The molecule has 47 heavy (non-hydrogen) atoms. The van der Waals surface area contributed by atoms with Gasteiger partial charge in [0.15, 0.2) is 0 Å². The van der Waals surface area contributed by atoms with Crippen molar-refractivity contribution in [3.05, 3.63) is 107 Å². The van der Waals surface area contributed by atoms with Gasteiger partial charge >= 0.3 is 0 Å². The van der Waals surface area contributed by atoms with E-state index in [1.807, 2.05) is 48.5 Å². The van der Waals surface area contributed by atoms with E-state index in [0.29, 0.717) is 10.9 Å². The number of unbranched alkanes of at least 4 members (excludes halogenated alkanes) is 2. The van der Waals surface area contributed by atoms with Crippen molar-refractivity contribution in [1.29, 1.82) is 5.26 Å². The number of halogens is 1. The lowest BCUT2D eigenvalue weighted by Crippen LogP contribution is -2.33. The molecular weight excluding hydrogens is 602 g/mol. The zero-order chi connectivity index (χ0) is 32.6. The number of imidazole rings is 1. The summed E-state index contributed by atoms with van der Waals surface area (Å²) < 4.78 is 10.8. The Morgan fingerprint density at radius 3 is 2.30 bits per heavy atom. The lowest BCUT2D eigenvalue weighted by Gasteiger charge is -2.31. The van der Waals surface area contributed by atoms with Crippen molar-refractivity contribution in [2.45, 2.75) is 84.1 Å². The molecule has 5 aromatic rings. The molecule has 6 rings (SSSR count). The van der Waals surface area contributed by atoms with Crippen LogP contribution >= 0.6 is 11.6 Å². The van der Waals surface area contributed by atoms with Crippen molar-refractivity contribution in [2.75, 3.05) is 19.6 Å². The van der Waals surface area contributed by atoms with Crippen molar-refractivity contribution in [2.24, 2.45) is 0 Å². The van der Waals surface area contributed by atoms with Crippen molar-refractivity contribution in [3.8, 4) is 23.3 Å². The van der Waals surface area contributed by atoms with E-state index in [-0.39, 0.29) is 0 Å². The molecule has 7 heteroatoms. The fourth-order valence-corrected chi connectivity index (χ4v) is 7.00. The number of fused-ring (bicyclic) bond motifs is 1. The molecule has 0 spiro atoms. The van der Waals surface area contributed by atoms with Crippen LogP contribution in [-0.2, 0) is 19.4 Å². The largest absolute Gasteiger partial charge is 0.457 e. The normalized spacial score (nSPS) is 14.1. The number of likely N-dealkylation sites (tertiary alicyclic amines) is 1. The Morgan fingerprint density at radius 1 is 0.851 bits per heavy atom. The van der Waals surface area contributed by atoms with Gasteiger partial charge in [-0.05, 0) is 137 Å². The van der Waals surface area contributed by atoms with Crippen LogP contribution in [0.1, 0.15) is 87.5 Å². The first-order valence-corrected chi connectivity index (χ1v) is 17.8. The molecule has 3 aromatic carbocycles. The summed E-state index contributed by atoms with van der Waals surface area (Å²) in [4.78, 5) is 7.86. The zero-order valence-corrected chi connectivity index (χ0v) is 28.6. The Hall–Kier alpha value is -4.05. The van der Waals surface area contributed by atoms with Crippen LogP contribution in [0, 0.1) is 11.3 Å². The Labute approximate surface area is 284 Å². The number of benzene rings is 3. The van der Waals surface area contributed by atoms with Gasteiger partial charge in [0.1, 0.15) is 17.3 Å². The molecule has 1 aliphatic heterocycles. The van der Waals surface area contributed by atoms with Crippen molar-refractivity contribution in [1.82, 2.24) is 19.0 Å². The van der Waals surface area contributed by atoms with Gasteiger partial charge in [-0.25, -0.2) is 4.98 Å². The second kappa shape index (κ2) is 15.7. The smallest absolute Gasteiger partial charge is 0.127 e. The zero-order valence-electron chi connectivity index (χ0n) is 27.8. The van der Waals surface area contributed by atoms with Crippen LogP contribution in [0.3, 0.4) is 0 Å². The van der Waals surface area contributed by atoms with Crippen LogP contribution in [-0.4, -0.2) is 38.7 Å². The maximum atomic E-state index is 9.33. The Morgan fingerprint density at radius 2 is 1.60 bits per heavy atom. The summed E-state index contributed by atoms with van der Waals surface area (Å²) in [5.41, 5.74) is 5.75. The van der Waals surface area contributed by atoms with E-state index < -0.39 is 0 Å². The van der Waals surface area contributed by atoms with E-state index in [4.69, 9.17) is 21.3 Å². The van der Waals surface area contributed by atoms with Gasteiger partial charge in [-0.15, -0.1) is 0 Å². The monoisotopic (exact) mass is 647 g/mol. The molecule has 0 unspecified atom stereocenters. The maximum Gasteiger partial charge on any atom is 0.127 e. The predicted molar refractivity (Wildman–Crippen MR) is 192 cm³/mol. The van der Waals surface area contributed by atoms with E-state index >= 15 is 0 Å². The molecule has 0 radical (unpaired) electrons. The summed E-state index contributed by atoms with van der Waals surface area (Å²) in [6.07, 6.45) is 12.4. The highest BCUT2D eigenvalue weighted by Gasteiger charge is 2.24. The molecule has 0 atom stereocenters. The van der Waals surface area contributed by atoms with Gasteiger partial charge in [0.25, 0.3) is 0 Å². The molecule has 2 aromatic heterocycles. The average Bonchev–Trinajstić information content (AvgIpc) is 3.68. The van der Waals surface area contributed by atoms with Crippen molar-refractivity contribution < 1.29 is 4.74 Å². The number of piperidine rings is 1. The SMILES string of the molecule is CCCCc1nc(C2CCN(CCCCc3cc4cc(C#N)ccc4n3CCC)CC2)cn1-c1ccc(Oc2ccc(Cl)cc2)cc1. The molecule has 3 heterocycles. The predicted octanol–water partition coefficient (Wildman–Crippen LogP) is 10.1. The van der Waals surface area contributed by atoms with Gasteiger partial charge in [-0.3, -0.25) is 0 Å². The number of nitriles is 1. The molecular formula is C40H46ClN5O. The number of rotatable bonds is 14. The third-order valence-electron chi connectivity index (χ3n) is 9.44. The topological polar surface area (TPSA) is 59.0 Å². The third-order valence-corrected chi connectivity index (χ3v) is 9.69. The molecule has 1 aliphatic rings. The number of hydrogen-bond donors (Lipinski definition) is 0. The van der Waals surface area contributed by atoms with Crippen LogP contribution in [0.15, 0.2) is 79.0 Å². The van der Waals surface area contributed by atoms with E-state index in [0.717, 1.165) is 99.7 Å². The van der Waals surface area contributed by atoms with Crippen molar-refractivity contribution in [3.63, 3.8) is 0 Å². The van der Waals surface area contributed by atoms with Crippen LogP contribution in [0.2, 0.25) is 5.02 Å². The molecule has 1 saturated heterocycles.